The Balaban J connectivity index is 1.83. The van der Waals surface area contributed by atoms with Crippen molar-refractivity contribution in [2.75, 3.05) is 19.4 Å². The van der Waals surface area contributed by atoms with Gasteiger partial charge in [-0.15, -0.1) is 0 Å². The van der Waals surface area contributed by atoms with E-state index in [1.165, 1.54) is 24.0 Å². The molecular formula is C24H32N4O3S. The molecule has 1 aromatic heterocycles. The Kier molecular flexibility index (Phi) is 7.36. The first-order valence-electron chi connectivity index (χ1n) is 10.9. The summed E-state index contributed by atoms with van der Waals surface area (Å²) in [5.41, 5.74) is 4.63. The van der Waals surface area contributed by atoms with Gasteiger partial charge in [0.1, 0.15) is 5.82 Å². The van der Waals surface area contributed by atoms with Crippen LogP contribution in [0.1, 0.15) is 43.1 Å². The summed E-state index contributed by atoms with van der Waals surface area (Å²) in [6, 6.07) is 10.9. The number of sulfonamides is 1. The topological polar surface area (TPSA) is 84.3 Å². The molecule has 3 rings (SSSR count). The maximum absolute atomic E-state index is 12.6. The number of unbranched alkanes of at least 4 members (excludes halogenated alkanes) is 1. The molecular weight excluding hydrogens is 424 g/mol. The van der Waals surface area contributed by atoms with E-state index in [9.17, 15) is 13.2 Å². The van der Waals surface area contributed by atoms with E-state index >= 15 is 0 Å². The lowest BCUT2D eigenvalue weighted by atomic mass is 10.1. The number of rotatable bonds is 9. The Hall–Kier alpha value is -2.71. The molecule has 2 aromatic carbocycles. The number of carbonyl (C=O) groups is 1. The molecule has 0 saturated heterocycles. The summed E-state index contributed by atoms with van der Waals surface area (Å²) in [5, 5.41) is 2.96. The second-order valence-corrected chi connectivity index (χ2v) is 10.5. The molecule has 0 radical (unpaired) electrons. The molecule has 32 heavy (non-hydrogen) atoms. The van der Waals surface area contributed by atoms with Crippen LogP contribution in [0.15, 0.2) is 41.3 Å². The lowest BCUT2D eigenvalue weighted by molar-refractivity contribution is -0.116. The number of imidazole rings is 1. The highest BCUT2D eigenvalue weighted by Gasteiger charge is 2.20. The lowest BCUT2D eigenvalue weighted by Crippen LogP contribution is -2.22. The van der Waals surface area contributed by atoms with Gasteiger partial charge in [-0.3, -0.25) is 4.79 Å². The number of nitrogens with zero attached hydrogens (tertiary/aromatic N) is 3. The van der Waals surface area contributed by atoms with Crippen molar-refractivity contribution in [2.24, 2.45) is 0 Å². The molecule has 3 aromatic rings. The molecule has 0 atom stereocenters. The smallest absolute Gasteiger partial charge is 0.242 e. The first-order valence-corrected chi connectivity index (χ1v) is 12.4. The molecule has 1 amide bonds. The van der Waals surface area contributed by atoms with Gasteiger partial charge in [-0.1, -0.05) is 19.4 Å². The number of nitrogens with one attached hydrogen (secondary N) is 1. The van der Waals surface area contributed by atoms with Crippen molar-refractivity contribution < 1.29 is 13.2 Å². The van der Waals surface area contributed by atoms with E-state index in [0.717, 1.165) is 42.0 Å². The van der Waals surface area contributed by atoms with E-state index in [4.69, 9.17) is 4.98 Å². The first kappa shape index (κ1) is 23.9. The Labute approximate surface area is 190 Å². The molecule has 0 unspecified atom stereocenters. The van der Waals surface area contributed by atoms with Crippen LogP contribution in [-0.4, -0.2) is 42.3 Å². The van der Waals surface area contributed by atoms with Crippen molar-refractivity contribution in [3.63, 3.8) is 0 Å². The molecule has 0 bridgehead atoms. The number of benzene rings is 2. The highest BCUT2D eigenvalue weighted by atomic mass is 32.2. The standard InChI is InChI=1S/C24H32N4O3S/c1-6-7-14-28-22-11-10-20(32(30,31)27(4)5)16-21(22)26-23(28)12-13-24(29)25-19-9-8-17(2)18(3)15-19/h8-11,15-16H,6-7,12-14H2,1-5H3,(H,25,29). The number of aryl methyl sites for hydroxylation is 4. The van der Waals surface area contributed by atoms with Crippen molar-refractivity contribution >= 4 is 32.7 Å². The van der Waals surface area contributed by atoms with Crippen LogP contribution >= 0.6 is 0 Å². The minimum atomic E-state index is -3.54. The van der Waals surface area contributed by atoms with E-state index in [2.05, 4.69) is 16.8 Å². The molecule has 1 N–H and O–H groups in total. The van der Waals surface area contributed by atoms with Crippen molar-refractivity contribution in [2.45, 2.75) is 57.9 Å². The summed E-state index contributed by atoms with van der Waals surface area (Å²) in [6.45, 7) is 6.96. The number of hydrogen-bond acceptors (Lipinski definition) is 4. The third kappa shape index (κ3) is 5.19. The van der Waals surface area contributed by atoms with E-state index in [-0.39, 0.29) is 10.8 Å². The van der Waals surface area contributed by atoms with Crippen LogP contribution in [0.4, 0.5) is 5.69 Å². The number of hydrogen-bond donors (Lipinski definition) is 1. The monoisotopic (exact) mass is 456 g/mol. The predicted octanol–water partition coefficient (Wildman–Crippen LogP) is 4.27. The molecule has 172 valence electrons. The van der Waals surface area contributed by atoms with Crippen LogP contribution in [0.5, 0.6) is 0 Å². The average Bonchev–Trinajstić information content (AvgIpc) is 3.09. The average molecular weight is 457 g/mol. The van der Waals surface area contributed by atoms with E-state index in [1.54, 1.807) is 12.1 Å². The van der Waals surface area contributed by atoms with Crippen LogP contribution < -0.4 is 5.32 Å². The van der Waals surface area contributed by atoms with Crippen LogP contribution in [0.25, 0.3) is 11.0 Å². The SMILES string of the molecule is CCCCn1c(CCC(=O)Nc2ccc(C)c(C)c2)nc2cc(S(=O)(=O)N(C)C)ccc21. The summed E-state index contributed by atoms with van der Waals surface area (Å²) in [6.07, 6.45) is 2.78. The van der Waals surface area contributed by atoms with Crippen molar-refractivity contribution in [3.8, 4) is 0 Å². The predicted molar refractivity (Wildman–Crippen MR) is 128 cm³/mol. The van der Waals surface area contributed by atoms with Gasteiger partial charge in [-0.25, -0.2) is 17.7 Å². The zero-order valence-electron chi connectivity index (χ0n) is 19.5. The molecule has 7 nitrogen and oxygen atoms in total. The minimum absolute atomic E-state index is 0.0711. The maximum Gasteiger partial charge on any atom is 0.242 e. The molecule has 0 spiro atoms. The second-order valence-electron chi connectivity index (χ2n) is 8.32. The van der Waals surface area contributed by atoms with Crippen molar-refractivity contribution in [3.05, 3.63) is 53.3 Å². The zero-order valence-corrected chi connectivity index (χ0v) is 20.3. The maximum atomic E-state index is 12.6. The Morgan fingerprint density at radius 3 is 2.50 bits per heavy atom. The molecule has 0 saturated carbocycles. The number of aromatic nitrogens is 2. The van der Waals surface area contributed by atoms with Gasteiger partial charge < -0.3 is 9.88 Å². The summed E-state index contributed by atoms with van der Waals surface area (Å²) < 4.78 is 28.3. The van der Waals surface area contributed by atoms with Gasteiger partial charge in [0.2, 0.25) is 15.9 Å². The van der Waals surface area contributed by atoms with Crippen molar-refractivity contribution in [1.29, 1.82) is 0 Å². The molecule has 0 aliphatic rings. The van der Waals surface area contributed by atoms with Gasteiger partial charge in [0.05, 0.1) is 15.9 Å². The number of amides is 1. The number of anilines is 1. The lowest BCUT2D eigenvalue weighted by Gasteiger charge is -2.12. The summed E-state index contributed by atoms with van der Waals surface area (Å²) in [7, 11) is -0.510. The van der Waals surface area contributed by atoms with Gasteiger partial charge in [-0.2, -0.15) is 0 Å². The van der Waals surface area contributed by atoms with Gasteiger partial charge in [0, 0.05) is 39.2 Å². The Morgan fingerprint density at radius 1 is 1.09 bits per heavy atom. The Bertz CT molecular complexity index is 1230. The largest absolute Gasteiger partial charge is 0.328 e. The summed E-state index contributed by atoms with van der Waals surface area (Å²) >= 11 is 0. The minimum Gasteiger partial charge on any atom is -0.328 e. The van der Waals surface area contributed by atoms with E-state index in [0.29, 0.717) is 18.4 Å². The van der Waals surface area contributed by atoms with Crippen LogP contribution in [0.3, 0.4) is 0 Å². The normalized spacial score (nSPS) is 11.9. The molecule has 8 heteroatoms. The fourth-order valence-corrected chi connectivity index (χ4v) is 4.48. The molecule has 0 aliphatic carbocycles. The van der Waals surface area contributed by atoms with Gasteiger partial charge in [-0.05, 0) is 61.7 Å². The van der Waals surface area contributed by atoms with Crippen LogP contribution in [0, 0.1) is 13.8 Å². The number of fused-ring (bicyclic) bond motifs is 1. The summed E-state index contributed by atoms with van der Waals surface area (Å²) in [5.74, 6) is 0.723. The molecule has 0 aliphatic heterocycles. The second kappa shape index (κ2) is 9.83. The third-order valence-corrected chi connectivity index (χ3v) is 7.49. The van der Waals surface area contributed by atoms with Gasteiger partial charge in [0.25, 0.3) is 0 Å². The van der Waals surface area contributed by atoms with Gasteiger partial charge in [0.15, 0.2) is 0 Å². The third-order valence-electron chi connectivity index (χ3n) is 5.68. The highest BCUT2D eigenvalue weighted by Crippen LogP contribution is 2.23. The van der Waals surface area contributed by atoms with Crippen molar-refractivity contribution in [1.82, 2.24) is 13.9 Å². The fourth-order valence-electron chi connectivity index (χ4n) is 3.56. The van der Waals surface area contributed by atoms with Crippen LogP contribution in [0.2, 0.25) is 0 Å². The first-order chi connectivity index (χ1) is 15.1. The van der Waals surface area contributed by atoms with Crippen LogP contribution in [-0.2, 0) is 27.8 Å². The Morgan fingerprint density at radius 2 is 1.84 bits per heavy atom. The molecule has 1 heterocycles. The van der Waals surface area contributed by atoms with E-state index < -0.39 is 10.0 Å². The fraction of sp³-hybridized carbons (Fsp3) is 0.417. The van der Waals surface area contributed by atoms with Gasteiger partial charge >= 0.3 is 0 Å². The number of carbonyl (C=O) groups excluding carboxylic acids is 1. The van der Waals surface area contributed by atoms with E-state index in [1.807, 2.05) is 38.1 Å². The summed E-state index contributed by atoms with van der Waals surface area (Å²) in [4.78, 5) is 17.5. The quantitative estimate of drug-likeness (QED) is 0.521. The molecule has 0 fully saturated rings. The highest BCUT2D eigenvalue weighted by molar-refractivity contribution is 7.89. The zero-order chi connectivity index (χ0) is 23.5.